The Morgan fingerprint density at radius 3 is 2.08 bits per heavy atom. The van der Waals surface area contributed by atoms with E-state index in [4.69, 9.17) is 9.47 Å². The van der Waals surface area contributed by atoms with Gasteiger partial charge in [0.1, 0.15) is 11.5 Å². The summed E-state index contributed by atoms with van der Waals surface area (Å²) >= 11 is 0. The lowest BCUT2D eigenvalue weighted by Gasteiger charge is -2.22. The first kappa shape index (κ1) is 19.8. The van der Waals surface area contributed by atoms with E-state index in [1.165, 1.54) is 27.2 Å². The third-order valence-electron chi connectivity index (χ3n) is 4.43. The minimum Gasteiger partial charge on any atom is -0.497 e. The quantitative estimate of drug-likeness (QED) is 0.408. The molecule has 0 radical (unpaired) electrons. The van der Waals surface area contributed by atoms with Gasteiger partial charge in [0, 0.05) is 11.6 Å². The summed E-state index contributed by atoms with van der Waals surface area (Å²) in [6.45, 7) is 4.98. The predicted octanol–water partition coefficient (Wildman–Crippen LogP) is 4.44. The maximum Gasteiger partial charge on any atom is 0.191 e. The van der Waals surface area contributed by atoms with Gasteiger partial charge < -0.3 is 9.47 Å². The van der Waals surface area contributed by atoms with Crippen molar-refractivity contribution in [2.24, 2.45) is 0 Å². The predicted molar refractivity (Wildman–Crippen MR) is 100 cm³/mol. The second-order valence-corrected chi connectivity index (χ2v) is 7.23. The number of carbonyl (C=O) groups excluding carboxylic acids is 2. The van der Waals surface area contributed by atoms with E-state index in [1.807, 2.05) is 6.07 Å². The molecule has 26 heavy (non-hydrogen) atoms. The van der Waals surface area contributed by atoms with Crippen LogP contribution in [0.15, 0.2) is 36.4 Å². The lowest BCUT2D eigenvalue weighted by Crippen LogP contribution is -2.39. The van der Waals surface area contributed by atoms with Crippen molar-refractivity contribution in [3.63, 3.8) is 0 Å². The highest BCUT2D eigenvalue weighted by Crippen LogP contribution is 2.36. The summed E-state index contributed by atoms with van der Waals surface area (Å²) in [5.74, 6) is -0.270. The van der Waals surface area contributed by atoms with Crippen LogP contribution in [-0.2, 0) is 4.57 Å². The molecule has 0 saturated heterocycles. The summed E-state index contributed by atoms with van der Waals surface area (Å²) in [7, 11) is 2.35. The Labute approximate surface area is 154 Å². The molecule has 2 aromatic rings. The van der Waals surface area contributed by atoms with Crippen molar-refractivity contribution in [3.8, 4) is 11.5 Å². The van der Waals surface area contributed by atoms with Gasteiger partial charge in [-0.2, -0.15) is 0 Å². The van der Waals surface area contributed by atoms with Crippen LogP contribution >= 0.6 is 8.46 Å². The molecule has 6 heteroatoms. The molecular formula is C20H21O5P. The van der Waals surface area contributed by atoms with Gasteiger partial charge in [-0.25, -0.2) is 0 Å². The number of hydrogen-bond acceptors (Lipinski definition) is 5. The van der Waals surface area contributed by atoms with Gasteiger partial charge in [0.2, 0.25) is 0 Å². The SMILES string of the molecule is COc1ccc(C(=O)C(C)(P=O)C(=O)c2c(C)cccc2C)c(OC)c1. The van der Waals surface area contributed by atoms with Crippen molar-refractivity contribution in [1.29, 1.82) is 0 Å². The van der Waals surface area contributed by atoms with E-state index >= 15 is 0 Å². The fraction of sp³-hybridized carbons (Fsp3) is 0.300. The van der Waals surface area contributed by atoms with Gasteiger partial charge in [-0.3, -0.25) is 14.2 Å². The van der Waals surface area contributed by atoms with Crippen LogP contribution in [0, 0.1) is 13.8 Å². The molecular weight excluding hydrogens is 351 g/mol. The van der Waals surface area contributed by atoms with Crippen LogP contribution < -0.4 is 9.47 Å². The number of methoxy groups -OCH3 is 2. The van der Waals surface area contributed by atoms with Crippen LogP contribution in [0.5, 0.6) is 11.5 Å². The van der Waals surface area contributed by atoms with Gasteiger partial charge in [0.25, 0.3) is 0 Å². The van der Waals surface area contributed by atoms with Gasteiger partial charge in [-0.05, 0) is 44.0 Å². The number of hydrogen-bond donors (Lipinski definition) is 0. The Hall–Kier alpha value is -2.52. The maximum absolute atomic E-state index is 13.2. The molecule has 0 bridgehead atoms. The van der Waals surface area contributed by atoms with Crippen LogP contribution in [0.25, 0.3) is 0 Å². The lowest BCUT2D eigenvalue weighted by molar-refractivity contribution is 0.0842. The topological polar surface area (TPSA) is 69.7 Å². The van der Waals surface area contributed by atoms with Crippen LogP contribution in [0.1, 0.15) is 38.8 Å². The number of rotatable bonds is 7. The summed E-state index contributed by atoms with van der Waals surface area (Å²) in [5.41, 5.74) is 2.07. The smallest absolute Gasteiger partial charge is 0.191 e. The van der Waals surface area contributed by atoms with Crippen molar-refractivity contribution in [2.45, 2.75) is 25.9 Å². The standard InChI is InChI=1S/C20H21O5P/c1-12-7-6-8-13(2)17(12)19(22)20(3,26-23)18(21)15-10-9-14(24-4)11-16(15)25-5/h6-11H,1-5H3. The molecule has 2 aromatic carbocycles. The zero-order chi connectivity index (χ0) is 19.5. The highest BCUT2D eigenvalue weighted by molar-refractivity contribution is 7.30. The average molecular weight is 372 g/mol. The van der Waals surface area contributed by atoms with E-state index in [2.05, 4.69) is 0 Å². The monoisotopic (exact) mass is 372 g/mol. The summed E-state index contributed by atoms with van der Waals surface area (Å²) in [6.07, 6.45) is 0. The molecule has 0 aromatic heterocycles. The third kappa shape index (κ3) is 3.40. The fourth-order valence-corrected chi connectivity index (χ4v) is 3.25. The van der Waals surface area contributed by atoms with E-state index < -0.39 is 25.2 Å². The van der Waals surface area contributed by atoms with Crippen LogP contribution in [-0.4, -0.2) is 30.9 Å². The first-order chi connectivity index (χ1) is 12.3. The molecule has 2 rings (SSSR count). The number of carbonyl (C=O) groups is 2. The molecule has 0 amide bonds. The Morgan fingerprint density at radius 1 is 0.962 bits per heavy atom. The van der Waals surface area contributed by atoms with Gasteiger partial charge in [-0.1, -0.05) is 18.2 Å². The molecule has 0 aliphatic carbocycles. The second-order valence-electron chi connectivity index (χ2n) is 6.15. The van der Waals surface area contributed by atoms with E-state index in [1.54, 1.807) is 38.1 Å². The van der Waals surface area contributed by atoms with Gasteiger partial charge in [0.05, 0.1) is 19.8 Å². The summed E-state index contributed by atoms with van der Waals surface area (Å²) in [4.78, 5) is 26.3. The lowest BCUT2D eigenvalue weighted by atomic mass is 9.86. The largest absolute Gasteiger partial charge is 0.497 e. The van der Waals surface area contributed by atoms with Gasteiger partial charge in [0.15, 0.2) is 25.2 Å². The molecule has 0 saturated carbocycles. The number of ether oxygens (including phenoxy) is 2. The number of Topliss-reactive ketones (excluding diaryl/α,β-unsaturated/α-hetero) is 2. The molecule has 0 fully saturated rings. The Kier molecular flexibility index (Phi) is 5.94. The highest BCUT2D eigenvalue weighted by atomic mass is 31.1. The normalized spacial score (nSPS) is 13.1. The first-order valence-electron chi connectivity index (χ1n) is 8.02. The summed E-state index contributed by atoms with van der Waals surface area (Å²) in [6, 6.07) is 10.1. The molecule has 1 atom stereocenters. The summed E-state index contributed by atoms with van der Waals surface area (Å²) < 4.78 is 22.4. The number of benzene rings is 2. The minimum atomic E-state index is -1.75. The number of aryl methyl sites for hydroxylation is 2. The van der Waals surface area contributed by atoms with E-state index in [-0.39, 0.29) is 11.3 Å². The zero-order valence-corrected chi connectivity index (χ0v) is 16.3. The van der Waals surface area contributed by atoms with Crippen molar-refractivity contribution in [1.82, 2.24) is 0 Å². The molecule has 0 aliphatic rings. The second kappa shape index (κ2) is 7.79. The summed E-state index contributed by atoms with van der Waals surface area (Å²) in [5, 5.41) is -1.75. The minimum absolute atomic E-state index is 0.179. The van der Waals surface area contributed by atoms with Crippen molar-refractivity contribution in [3.05, 3.63) is 58.7 Å². The van der Waals surface area contributed by atoms with Crippen molar-refractivity contribution < 1.29 is 23.6 Å². The van der Waals surface area contributed by atoms with E-state index in [9.17, 15) is 14.2 Å². The number of ketones is 2. The molecule has 0 heterocycles. The molecule has 0 aliphatic heterocycles. The van der Waals surface area contributed by atoms with Gasteiger partial charge >= 0.3 is 0 Å². The molecule has 1 unspecified atom stereocenters. The van der Waals surface area contributed by atoms with Crippen molar-refractivity contribution in [2.75, 3.05) is 14.2 Å². The Balaban J connectivity index is 2.57. The first-order valence-corrected chi connectivity index (χ1v) is 8.83. The van der Waals surface area contributed by atoms with E-state index in [0.717, 1.165) is 11.1 Å². The molecule has 0 N–H and O–H groups in total. The highest BCUT2D eigenvalue weighted by Gasteiger charge is 2.45. The molecule has 5 nitrogen and oxygen atoms in total. The van der Waals surface area contributed by atoms with E-state index in [0.29, 0.717) is 11.3 Å². The maximum atomic E-state index is 13.2. The zero-order valence-electron chi connectivity index (χ0n) is 15.5. The Bertz CT molecular complexity index is 854. The Morgan fingerprint density at radius 2 is 1.58 bits per heavy atom. The van der Waals surface area contributed by atoms with Crippen LogP contribution in [0.2, 0.25) is 0 Å². The molecule has 136 valence electrons. The van der Waals surface area contributed by atoms with Crippen LogP contribution in [0.3, 0.4) is 0 Å². The van der Waals surface area contributed by atoms with Crippen molar-refractivity contribution >= 4 is 20.0 Å². The molecule has 0 spiro atoms. The third-order valence-corrected chi connectivity index (χ3v) is 5.20. The average Bonchev–Trinajstić information content (AvgIpc) is 2.65. The van der Waals surface area contributed by atoms with Gasteiger partial charge in [-0.15, -0.1) is 0 Å². The fourth-order valence-electron chi connectivity index (χ4n) is 2.85. The van der Waals surface area contributed by atoms with Crippen LogP contribution in [0.4, 0.5) is 0 Å².